The zero-order valence-electron chi connectivity index (χ0n) is 16.8. The molecule has 0 saturated carbocycles. The standard InChI is InChI=1S/C23H23NO5S/c1-3-20(25)17-6-4-15(5-7-17)16-8-10-18(11-9-16)24-13-22-23(27)21(26)12-19(29-22)14-30(2)28/h4-12,24,27H,3,13-14H2,1-2H3. The van der Waals surface area contributed by atoms with E-state index in [1.54, 1.807) is 0 Å². The molecule has 0 amide bonds. The van der Waals surface area contributed by atoms with Crippen LogP contribution in [0.25, 0.3) is 11.1 Å². The van der Waals surface area contributed by atoms with Gasteiger partial charge < -0.3 is 14.8 Å². The van der Waals surface area contributed by atoms with Gasteiger partial charge in [0.2, 0.25) is 11.2 Å². The molecular weight excluding hydrogens is 402 g/mol. The second-order valence-corrected chi connectivity index (χ2v) is 8.29. The maximum Gasteiger partial charge on any atom is 0.227 e. The number of Topliss-reactive ketones (excluding diaryl/α,β-unsaturated/α-hetero) is 1. The van der Waals surface area contributed by atoms with Crippen molar-refractivity contribution in [2.75, 3.05) is 11.6 Å². The highest BCUT2D eigenvalue weighted by molar-refractivity contribution is 7.83. The molecule has 0 bridgehead atoms. The van der Waals surface area contributed by atoms with E-state index < -0.39 is 22.0 Å². The topological polar surface area (TPSA) is 96.6 Å². The Morgan fingerprint density at radius 3 is 2.23 bits per heavy atom. The van der Waals surface area contributed by atoms with Crippen molar-refractivity contribution in [1.82, 2.24) is 0 Å². The largest absolute Gasteiger partial charge is 0.502 e. The van der Waals surface area contributed by atoms with E-state index in [0.717, 1.165) is 22.9 Å². The molecule has 6 nitrogen and oxygen atoms in total. The minimum atomic E-state index is -1.16. The highest BCUT2D eigenvalue weighted by Crippen LogP contribution is 2.23. The van der Waals surface area contributed by atoms with Gasteiger partial charge in [-0.3, -0.25) is 13.8 Å². The molecule has 1 atom stereocenters. The molecule has 156 valence electrons. The summed E-state index contributed by atoms with van der Waals surface area (Å²) >= 11 is 0. The van der Waals surface area contributed by atoms with Gasteiger partial charge in [0.15, 0.2) is 11.5 Å². The number of aromatic hydroxyl groups is 1. The smallest absolute Gasteiger partial charge is 0.227 e. The van der Waals surface area contributed by atoms with E-state index in [-0.39, 0.29) is 29.6 Å². The first-order valence-corrected chi connectivity index (χ1v) is 11.2. The van der Waals surface area contributed by atoms with Crippen molar-refractivity contribution < 1.29 is 18.5 Å². The molecule has 3 rings (SSSR count). The van der Waals surface area contributed by atoms with Gasteiger partial charge in [-0.2, -0.15) is 0 Å². The molecule has 0 aliphatic rings. The molecule has 1 unspecified atom stereocenters. The van der Waals surface area contributed by atoms with Gasteiger partial charge in [-0.25, -0.2) is 0 Å². The number of benzene rings is 2. The zero-order chi connectivity index (χ0) is 21.7. The first kappa shape index (κ1) is 21.5. The second-order valence-electron chi connectivity index (χ2n) is 6.85. The van der Waals surface area contributed by atoms with Crippen molar-refractivity contribution in [3.63, 3.8) is 0 Å². The molecule has 30 heavy (non-hydrogen) atoms. The van der Waals surface area contributed by atoms with Crippen molar-refractivity contribution in [2.45, 2.75) is 25.6 Å². The molecule has 1 aromatic heterocycles. The van der Waals surface area contributed by atoms with Gasteiger partial charge in [-0.15, -0.1) is 0 Å². The molecule has 1 heterocycles. The van der Waals surface area contributed by atoms with E-state index in [0.29, 0.717) is 12.0 Å². The molecule has 0 radical (unpaired) electrons. The lowest BCUT2D eigenvalue weighted by Gasteiger charge is -2.10. The number of nitrogens with one attached hydrogen (secondary N) is 1. The molecule has 2 N–H and O–H groups in total. The van der Waals surface area contributed by atoms with Crippen LogP contribution in [0.4, 0.5) is 5.69 Å². The molecule has 2 aromatic carbocycles. The Bertz CT molecular complexity index is 1120. The van der Waals surface area contributed by atoms with Crippen LogP contribution in [-0.2, 0) is 23.1 Å². The molecule has 0 saturated heterocycles. The van der Waals surface area contributed by atoms with Crippen LogP contribution in [0.3, 0.4) is 0 Å². The second kappa shape index (κ2) is 9.54. The first-order chi connectivity index (χ1) is 14.4. The van der Waals surface area contributed by atoms with Crippen LogP contribution < -0.4 is 10.7 Å². The molecule has 0 aliphatic carbocycles. The summed E-state index contributed by atoms with van der Waals surface area (Å²) in [6.45, 7) is 1.95. The highest BCUT2D eigenvalue weighted by atomic mass is 32.2. The fourth-order valence-electron chi connectivity index (χ4n) is 2.99. The average molecular weight is 426 g/mol. The van der Waals surface area contributed by atoms with Crippen LogP contribution in [0.1, 0.15) is 35.2 Å². The van der Waals surface area contributed by atoms with Gasteiger partial charge in [-0.1, -0.05) is 43.3 Å². The molecule has 3 aromatic rings. The van der Waals surface area contributed by atoms with E-state index in [9.17, 15) is 18.9 Å². The number of carbonyl (C=O) groups excluding carboxylic acids is 1. The van der Waals surface area contributed by atoms with Gasteiger partial charge in [0.25, 0.3) is 0 Å². The maximum atomic E-state index is 11.9. The summed E-state index contributed by atoms with van der Waals surface area (Å²) in [6, 6.07) is 16.3. The Morgan fingerprint density at radius 1 is 1.07 bits per heavy atom. The summed E-state index contributed by atoms with van der Waals surface area (Å²) in [4.78, 5) is 23.6. The molecule has 0 aliphatic heterocycles. The Kier molecular flexibility index (Phi) is 6.84. The van der Waals surface area contributed by atoms with E-state index in [2.05, 4.69) is 5.32 Å². The van der Waals surface area contributed by atoms with Crippen LogP contribution in [0, 0.1) is 0 Å². The Hall–Kier alpha value is -3.19. The summed E-state index contributed by atoms with van der Waals surface area (Å²) in [7, 11) is -1.16. The Morgan fingerprint density at radius 2 is 1.67 bits per heavy atom. The third kappa shape index (κ3) is 5.24. The van der Waals surface area contributed by atoms with Gasteiger partial charge in [0.05, 0.1) is 12.3 Å². The normalized spacial score (nSPS) is 11.8. The van der Waals surface area contributed by atoms with Crippen molar-refractivity contribution in [3.05, 3.63) is 81.9 Å². The van der Waals surface area contributed by atoms with Crippen molar-refractivity contribution >= 4 is 22.3 Å². The lowest BCUT2D eigenvalue weighted by atomic mass is 10.0. The summed E-state index contributed by atoms with van der Waals surface area (Å²) in [6.07, 6.45) is 2.00. The van der Waals surface area contributed by atoms with E-state index in [4.69, 9.17) is 4.42 Å². The third-order valence-electron chi connectivity index (χ3n) is 4.59. The van der Waals surface area contributed by atoms with Gasteiger partial charge in [0.1, 0.15) is 5.76 Å². The predicted octanol–water partition coefficient (Wildman–Crippen LogP) is 4.10. The van der Waals surface area contributed by atoms with E-state index >= 15 is 0 Å². The molecule has 0 spiro atoms. The fourth-order valence-corrected chi connectivity index (χ4v) is 3.54. The van der Waals surface area contributed by atoms with Gasteiger partial charge in [-0.05, 0) is 23.3 Å². The number of hydrogen-bond donors (Lipinski definition) is 2. The molecule has 7 heteroatoms. The average Bonchev–Trinajstić information content (AvgIpc) is 2.74. The zero-order valence-corrected chi connectivity index (χ0v) is 17.6. The third-order valence-corrected chi connectivity index (χ3v) is 5.28. The highest BCUT2D eigenvalue weighted by Gasteiger charge is 2.12. The SMILES string of the molecule is CCC(=O)c1ccc(-c2ccc(NCc3oc(CS(C)=O)cc(=O)c3O)cc2)cc1. The quantitative estimate of drug-likeness (QED) is 0.528. The lowest BCUT2D eigenvalue weighted by molar-refractivity contribution is 0.0988. The van der Waals surface area contributed by atoms with Crippen LogP contribution in [-0.4, -0.2) is 21.4 Å². The lowest BCUT2D eigenvalue weighted by Crippen LogP contribution is -2.09. The van der Waals surface area contributed by atoms with Crippen LogP contribution >= 0.6 is 0 Å². The molecule has 0 fully saturated rings. The monoisotopic (exact) mass is 425 g/mol. The summed E-state index contributed by atoms with van der Waals surface area (Å²) in [5.74, 6) is 0.149. The number of rotatable bonds is 8. The minimum Gasteiger partial charge on any atom is -0.502 e. The van der Waals surface area contributed by atoms with E-state index in [1.165, 1.54) is 6.26 Å². The number of carbonyl (C=O) groups is 1. The van der Waals surface area contributed by atoms with Crippen molar-refractivity contribution in [1.29, 1.82) is 0 Å². The fraction of sp³-hybridized carbons (Fsp3) is 0.217. The van der Waals surface area contributed by atoms with Crippen LogP contribution in [0.5, 0.6) is 5.75 Å². The van der Waals surface area contributed by atoms with Crippen molar-refractivity contribution in [3.8, 4) is 16.9 Å². The summed E-state index contributed by atoms with van der Waals surface area (Å²) < 4.78 is 16.9. The van der Waals surface area contributed by atoms with Gasteiger partial charge >= 0.3 is 0 Å². The van der Waals surface area contributed by atoms with E-state index in [1.807, 2.05) is 55.5 Å². The van der Waals surface area contributed by atoms with Crippen LogP contribution in [0.15, 0.2) is 63.8 Å². The predicted molar refractivity (Wildman–Crippen MR) is 118 cm³/mol. The number of anilines is 1. The minimum absolute atomic E-state index is 0.100. The molecular formula is C23H23NO5S. The number of ketones is 1. The van der Waals surface area contributed by atoms with Crippen LogP contribution in [0.2, 0.25) is 0 Å². The first-order valence-electron chi connectivity index (χ1n) is 9.50. The summed E-state index contributed by atoms with van der Waals surface area (Å²) in [5.41, 5.74) is 2.92. The number of hydrogen-bond acceptors (Lipinski definition) is 6. The summed E-state index contributed by atoms with van der Waals surface area (Å²) in [5, 5.41) is 13.1. The Balaban J connectivity index is 1.71. The Labute approximate surface area is 177 Å². The van der Waals surface area contributed by atoms with Crippen molar-refractivity contribution in [2.24, 2.45) is 0 Å². The maximum absolute atomic E-state index is 11.9. The van der Waals surface area contributed by atoms with Gasteiger partial charge in [0, 0.05) is 40.8 Å².